The summed E-state index contributed by atoms with van der Waals surface area (Å²) in [6.45, 7) is 3.13. The lowest BCUT2D eigenvalue weighted by molar-refractivity contribution is -0.0451. The van der Waals surface area contributed by atoms with E-state index in [1.54, 1.807) is 24.6 Å². The third-order valence-corrected chi connectivity index (χ3v) is 3.50. The molecule has 3 N–H and O–H groups in total. The van der Waals surface area contributed by atoms with Crippen molar-refractivity contribution >= 4 is 6.08 Å². The summed E-state index contributed by atoms with van der Waals surface area (Å²) in [5.74, 6) is 0.359. The molecule has 3 atom stereocenters. The Kier molecular flexibility index (Phi) is 4.76. The monoisotopic (exact) mass is 296 g/mol. The molecule has 0 saturated carbocycles. The largest absolute Gasteiger partial charge is 0.512 e. The van der Waals surface area contributed by atoms with Crippen molar-refractivity contribution in [3.05, 3.63) is 33.7 Å². The van der Waals surface area contributed by atoms with Crippen molar-refractivity contribution < 1.29 is 20.1 Å². The molecule has 7 nitrogen and oxygen atoms in total. The number of hydrogen-bond acceptors (Lipinski definition) is 6. The highest BCUT2D eigenvalue weighted by Gasteiger charge is 2.35. The minimum Gasteiger partial charge on any atom is -0.512 e. The number of aliphatic hydroxyl groups is 3. The highest BCUT2D eigenvalue weighted by atomic mass is 16.5. The summed E-state index contributed by atoms with van der Waals surface area (Å²) in [7, 11) is 0. The molecule has 2 heterocycles. The maximum absolute atomic E-state index is 11.7. The molecule has 2 rings (SSSR count). The van der Waals surface area contributed by atoms with Gasteiger partial charge in [0.1, 0.15) is 18.2 Å². The van der Waals surface area contributed by atoms with Crippen LogP contribution in [0.15, 0.2) is 16.8 Å². The third-order valence-electron chi connectivity index (χ3n) is 3.50. The second-order valence-corrected chi connectivity index (χ2v) is 5.10. The average Bonchev–Trinajstić information content (AvgIpc) is 2.83. The fraction of sp³-hybridized carbons (Fsp3) is 0.571. The fourth-order valence-corrected chi connectivity index (χ4v) is 2.22. The molecule has 0 bridgehead atoms. The molecule has 1 fully saturated rings. The SMILES string of the molecule is CC/C(O)=C\c1nc(=O)c(C)cn1[C@H]1C[C@H](O)[C@@H](CO)O1. The van der Waals surface area contributed by atoms with Gasteiger partial charge in [0.25, 0.3) is 5.56 Å². The summed E-state index contributed by atoms with van der Waals surface area (Å²) in [5.41, 5.74) is 0.0623. The first kappa shape index (κ1) is 15.7. The smallest absolute Gasteiger partial charge is 0.276 e. The number of nitrogens with zero attached hydrogens (tertiary/aromatic N) is 2. The molecule has 0 radical (unpaired) electrons. The Labute approximate surface area is 122 Å². The number of aliphatic hydroxyl groups excluding tert-OH is 3. The predicted octanol–water partition coefficient (Wildman–Crippen LogP) is 0.501. The summed E-state index contributed by atoms with van der Waals surface area (Å²) in [5, 5.41) is 28.6. The van der Waals surface area contributed by atoms with Gasteiger partial charge in [-0.3, -0.25) is 4.79 Å². The van der Waals surface area contributed by atoms with Crippen LogP contribution in [0.1, 0.15) is 37.4 Å². The number of hydrogen-bond donors (Lipinski definition) is 3. The molecule has 7 heteroatoms. The van der Waals surface area contributed by atoms with Crippen LogP contribution < -0.4 is 5.56 Å². The lowest BCUT2D eigenvalue weighted by atomic mass is 10.2. The van der Waals surface area contributed by atoms with Crippen molar-refractivity contribution in [2.45, 2.75) is 45.1 Å². The summed E-state index contributed by atoms with van der Waals surface area (Å²) >= 11 is 0. The lowest BCUT2D eigenvalue weighted by Gasteiger charge is -2.18. The first-order valence-electron chi connectivity index (χ1n) is 6.90. The van der Waals surface area contributed by atoms with Gasteiger partial charge in [-0.1, -0.05) is 6.92 Å². The lowest BCUT2D eigenvalue weighted by Crippen LogP contribution is -2.24. The highest BCUT2D eigenvalue weighted by Crippen LogP contribution is 2.29. The van der Waals surface area contributed by atoms with E-state index >= 15 is 0 Å². The number of aryl methyl sites for hydroxylation is 1. The van der Waals surface area contributed by atoms with Crippen molar-refractivity contribution in [1.82, 2.24) is 9.55 Å². The van der Waals surface area contributed by atoms with Crippen molar-refractivity contribution in [1.29, 1.82) is 0 Å². The molecule has 0 amide bonds. The van der Waals surface area contributed by atoms with E-state index in [4.69, 9.17) is 9.84 Å². The predicted molar refractivity (Wildman–Crippen MR) is 75.8 cm³/mol. The number of allylic oxidation sites excluding steroid dienone is 1. The van der Waals surface area contributed by atoms with E-state index < -0.39 is 18.4 Å². The number of ether oxygens (including phenoxy) is 1. The Morgan fingerprint density at radius 1 is 1.62 bits per heavy atom. The summed E-state index contributed by atoms with van der Waals surface area (Å²) in [4.78, 5) is 15.6. The first-order valence-corrected chi connectivity index (χ1v) is 6.90. The van der Waals surface area contributed by atoms with Gasteiger partial charge in [-0.2, -0.15) is 4.98 Å². The van der Waals surface area contributed by atoms with Crippen LogP contribution in [0, 0.1) is 6.92 Å². The summed E-state index contributed by atoms with van der Waals surface area (Å²) < 4.78 is 7.17. The van der Waals surface area contributed by atoms with Crippen LogP contribution in [0.5, 0.6) is 0 Å². The molecule has 0 spiro atoms. The van der Waals surface area contributed by atoms with Crippen LogP contribution in [0.4, 0.5) is 0 Å². The Balaban J connectivity index is 2.43. The van der Waals surface area contributed by atoms with Crippen LogP contribution >= 0.6 is 0 Å². The molecular weight excluding hydrogens is 276 g/mol. The van der Waals surface area contributed by atoms with Gasteiger partial charge in [-0.25, -0.2) is 0 Å². The summed E-state index contributed by atoms with van der Waals surface area (Å²) in [6, 6.07) is 0. The Morgan fingerprint density at radius 3 is 2.90 bits per heavy atom. The van der Waals surface area contributed by atoms with E-state index in [0.717, 1.165) is 0 Å². The Hall–Kier alpha value is -1.70. The standard InChI is InChI=1S/C14H20N2O5/c1-3-9(18)4-12-15-14(20)8(2)6-16(12)13-5-10(19)11(7-17)21-13/h4,6,10-11,13,17-19H,3,5,7H2,1-2H3/b9-4+/t10-,11+,13+/m0/s1. The highest BCUT2D eigenvalue weighted by molar-refractivity contribution is 5.43. The van der Waals surface area contributed by atoms with Crippen LogP contribution in [0.2, 0.25) is 0 Å². The normalized spacial score (nSPS) is 26.3. The van der Waals surface area contributed by atoms with Gasteiger partial charge in [0.2, 0.25) is 0 Å². The molecule has 0 unspecified atom stereocenters. The van der Waals surface area contributed by atoms with Gasteiger partial charge < -0.3 is 24.6 Å². The van der Waals surface area contributed by atoms with E-state index in [0.29, 0.717) is 12.0 Å². The van der Waals surface area contributed by atoms with E-state index in [1.165, 1.54) is 6.08 Å². The van der Waals surface area contributed by atoms with Gasteiger partial charge in [0.05, 0.1) is 18.5 Å². The second kappa shape index (κ2) is 6.38. The van der Waals surface area contributed by atoms with Crippen molar-refractivity contribution in [2.24, 2.45) is 0 Å². The van der Waals surface area contributed by atoms with Gasteiger partial charge in [-0.05, 0) is 6.92 Å². The quantitative estimate of drug-likeness (QED) is 0.699. The maximum Gasteiger partial charge on any atom is 0.276 e. The van der Waals surface area contributed by atoms with Gasteiger partial charge in [0, 0.05) is 30.7 Å². The molecular formula is C14H20N2O5. The molecule has 116 valence electrons. The van der Waals surface area contributed by atoms with Crippen LogP contribution in [0.3, 0.4) is 0 Å². The van der Waals surface area contributed by atoms with Crippen molar-refractivity contribution in [3.8, 4) is 0 Å². The maximum atomic E-state index is 11.7. The number of aromatic nitrogens is 2. The summed E-state index contributed by atoms with van der Waals surface area (Å²) in [6.07, 6.45) is 1.70. The van der Waals surface area contributed by atoms with Crippen LogP contribution in [0.25, 0.3) is 6.08 Å². The third kappa shape index (κ3) is 3.31. The van der Waals surface area contributed by atoms with E-state index in [9.17, 15) is 15.0 Å². The average molecular weight is 296 g/mol. The zero-order valence-corrected chi connectivity index (χ0v) is 12.1. The zero-order chi connectivity index (χ0) is 15.6. The minimum atomic E-state index is -0.781. The zero-order valence-electron chi connectivity index (χ0n) is 12.1. The molecule has 1 aromatic heterocycles. The first-order chi connectivity index (χ1) is 9.96. The van der Waals surface area contributed by atoms with Gasteiger partial charge in [0.15, 0.2) is 0 Å². The molecule has 0 aromatic carbocycles. The minimum absolute atomic E-state index is 0.0942. The van der Waals surface area contributed by atoms with E-state index in [1.807, 2.05) is 0 Å². The molecule has 1 aliphatic heterocycles. The fourth-order valence-electron chi connectivity index (χ4n) is 2.22. The molecule has 1 saturated heterocycles. The second-order valence-electron chi connectivity index (χ2n) is 5.10. The van der Waals surface area contributed by atoms with Crippen LogP contribution in [-0.2, 0) is 4.74 Å². The molecule has 0 aliphatic carbocycles. The molecule has 1 aromatic rings. The van der Waals surface area contributed by atoms with Gasteiger partial charge in [-0.15, -0.1) is 0 Å². The van der Waals surface area contributed by atoms with Crippen molar-refractivity contribution in [2.75, 3.05) is 6.61 Å². The van der Waals surface area contributed by atoms with E-state index in [-0.39, 0.29) is 30.2 Å². The van der Waals surface area contributed by atoms with E-state index in [2.05, 4.69) is 4.98 Å². The van der Waals surface area contributed by atoms with Crippen molar-refractivity contribution in [3.63, 3.8) is 0 Å². The Morgan fingerprint density at radius 2 is 2.33 bits per heavy atom. The number of rotatable bonds is 4. The van der Waals surface area contributed by atoms with Crippen LogP contribution in [-0.4, -0.2) is 43.7 Å². The Bertz CT molecular complexity index is 596. The molecule has 21 heavy (non-hydrogen) atoms. The topological polar surface area (TPSA) is 105 Å². The van der Waals surface area contributed by atoms with Gasteiger partial charge >= 0.3 is 0 Å². The molecule has 1 aliphatic rings.